The number of aryl methyl sites for hydroxylation is 1. The van der Waals surface area contributed by atoms with Gasteiger partial charge in [-0.3, -0.25) is 0 Å². The first kappa shape index (κ1) is 21.9. The number of rotatable bonds is 11. The van der Waals surface area contributed by atoms with E-state index in [4.69, 9.17) is 16.7 Å². The second-order valence-electron chi connectivity index (χ2n) is 6.46. The van der Waals surface area contributed by atoms with Gasteiger partial charge in [-0.25, -0.2) is 13.1 Å². The fourth-order valence-corrected chi connectivity index (χ4v) is 3.87. The van der Waals surface area contributed by atoms with Crippen LogP contribution in [0.25, 0.3) is 0 Å². The molecule has 2 aromatic rings. The van der Waals surface area contributed by atoms with Crippen molar-refractivity contribution in [2.24, 2.45) is 0 Å². The molecule has 1 atom stereocenters. The van der Waals surface area contributed by atoms with Crippen molar-refractivity contribution in [2.75, 3.05) is 18.9 Å². The number of hydrogen-bond donors (Lipinski definition) is 3. The van der Waals surface area contributed by atoms with E-state index in [1.165, 1.54) is 0 Å². The lowest BCUT2D eigenvalue weighted by Gasteiger charge is -2.11. The normalized spacial score (nSPS) is 12.9. The molecule has 0 saturated carbocycles. The highest BCUT2D eigenvalue weighted by atomic mass is 35.5. The molecular formula is C20H26ClNO4S. The predicted molar refractivity (Wildman–Crippen MR) is 108 cm³/mol. The zero-order chi connectivity index (χ0) is 19.7. The van der Waals surface area contributed by atoms with Crippen molar-refractivity contribution >= 4 is 21.6 Å². The Morgan fingerprint density at radius 2 is 1.56 bits per heavy atom. The first-order chi connectivity index (χ1) is 12.9. The minimum Gasteiger partial charge on any atom is -0.396 e. The summed E-state index contributed by atoms with van der Waals surface area (Å²) in [5.41, 5.74) is 2.73. The van der Waals surface area contributed by atoms with Crippen LogP contribution in [0.2, 0.25) is 5.02 Å². The van der Waals surface area contributed by atoms with Gasteiger partial charge in [-0.1, -0.05) is 48.0 Å². The molecule has 0 saturated heterocycles. The molecule has 0 aromatic heterocycles. The van der Waals surface area contributed by atoms with Crippen LogP contribution in [-0.2, 0) is 22.9 Å². The van der Waals surface area contributed by atoms with E-state index < -0.39 is 16.1 Å². The SMILES string of the molecule is O=S(=O)(CCc1ccc(Cl)cc1)NCCc1ccc(C(O)CCCO)cc1. The molecule has 27 heavy (non-hydrogen) atoms. The Morgan fingerprint density at radius 3 is 2.19 bits per heavy atom. The average molecular weight is 412 g/mol. The monoisotopic (exact) mass is 411 g/mol. The zero-order valence-corrected chi connectivity index (χ0v) is 16.7. The molecule has 0 bridgehead atoms. The molecule has 1 unspecified atom stereocenters. The van der Waals surface area contributed by atoms with Gasteiger partial charge in [0.2, 0.25) is 10.0 Å². The summed E-state index contributed by atoms with van der Waals surface area (Å²) < 4.78 is 26.9. The highest BCUT2D eigenvalue weighted by Gasteiger charge is 2.11. The van der Waals surface area contributed by atoms with Gasteiger partial charge < -0.3 is 10.2 Å². The zero-order valence-electron chi connectivity index (χ0n) is 15.1. The Hall–Kier alpha value is -1.44. The van der Waals surface area contributed by atoms with Gasteiger partial charge in [0.05, 0.1) is 11.9 Å². The van der Waals surface area contributed by atoms with E-state index in [0.29, 0.717) is 37.3 Å². The molecule has 3 N–H and O–H groups in total. The van der Waals surface area contributed by atoms with Crippen molar-refractivity contribution in [1.82, 2.24) is 4.72 Å². The molecule has 0 aliphatic carbocycles. The molecule has 0 spiro atoms. The Kier molecular flexibility index (Phi) is 8.73. The van der Waals surface area contributed by atoms with Gasteiger partial charge in [-0.2, -0.15) is 0 Å². The first-order valence-corrected chi connectivity index (χ1v) is 11.0. The predicted octanol–water partition coefficient (Wildman–Crippen LogP) is 2.85. The molecule has 148 valence electrons. The standard InChI is InChI=1S/C20H26ClNO4S/c21-19-9-5-17(6-10-19)12-15-27(25,26)22-13-11-16-3-7-18(8-4-16)20(24)2-1-14-23/h3-10,20,22-24H,1-2,11-15H2. The smallest absolute Gasteiger partial charge is 0.211 e. The molecule has 5 nitrogen and oxygen atoms in total. The minimum atomic E-state index is -3.34. The number of nitrogens with one attached hydrogen (secondary N) is 1. The largest absolute Gasteiger partial charge is 0.396 e. The van der Waals surface area contributed by atoms with Gasteiger partial charge in [0.1, 0.15) is 0 Å². The van der Waals surface area contributed by atoms with Crippen molar-refractivity contribution in [3.63, 3.8) is 0 Å². The summed E-state index contributed by atoms with van der Waals surface area (Å²) in [5, 5.41) is 19.4. The van der Waals surface area contributed by atoms with Gasteiger partial charge in [0.15, 0.2) is 0 Å². The van der Waals surface area contributed by atoms with Crippen molar-refractivity contribution in [2.45, 2.75) is 31.8 Å². The summed E-state index contributed by atoms with van der Waals surface area (Å²) in [6.45, 7) is 0.392. The number of halogens is 1. The first-order valence-electron chi connectivity index (χ1n) is 8.99. The van der Waals surface area contributed by atoms with Crippen molar-refractivity contribution in [3.8, 4) is 0 Å². The lowest BCUT2D eigenvalue weighted by Crippen LogP contribution is -2.29. The Bertz CT molecular complexity index is 792. The molecule has 0 fully saturated rings. The van der Waals surface area contributed by atoms with Gasteiger partial charge in [-0.05, 0) is 54.5 Å². The van der Waals surface area contributed by atoms with Crippen LogP contribution >= 0.6 is 11.6 Å². The van der Waals surface area contributed by atoms with Crippen molar-refractivity contribution in [1.29, 1.82) is 0 Å². The molecular weight excluding hydrogens is 386 g/mol. The molecule has 2 rings (SSSR count). The summed E-state index contributed by atoms with van der Waals surface area (Å²) in [4.78, 5) is 0. The molecule has 0 heterocycles. The summed E-state index contributed by atoms with van der Waals surface area (Å²) in [7, 11) is -3.34. The number of benzene rings is 2. The minimum absolute atomic E-state index is 0.0324. The number of sulfonamides is 1. The summed E-state index contributed by atoms with van der Waals surface area (Å²) in [5.74, 6) is 0.0324. The van der Waals surface area contributed by atoms with Gasteiger partial charge in [0, 0.05) is 18.2 Å². The van der Waals surface area contributed by atoms with E-state index in [1.54, 1.807) is 12.1 Å². The fraction of sp³-hybridized carbons (Fsp3) is 0.400. The molecule has 7 heteroatoms. The quantitative estimate of drug-likeness (QED) is 0.530. The van der Waals surface area contributed by atoms with E-state index in [-0.39, 0.29) is 12.4 Å². The molecule has 0 aliphatic rings. The maximum absolute atomic E-state index is 12.1. The third-order valence-electron chi connectivity index (χ3n) is 4.31. The van der Waals surface area contributed by atoms with E-state index in [2.05, 4.69) is 4.72 Å². The molecule has 0 amide bonds. The van der Waals surface area contributed by atoms with Crippen LogP contribution in [0.1, 0.15) is 35.6 Å². The van der Waals surface area contributed by atoms with E-state index in [1.807, 2.05) is 36.4 Å². The summed E-state index contributed by atoms with van der Waals surface area (Å²) in [6.07, 6.45) is 1.50. The van der Waals surface area contributed by atoms with E-state index in [9.17, 15) is 13.5 Å². The Balaban J connectivity index is 1.76. The van der Waals surface area contributed by atoms with Crippen LogP contribution in [0.15, 0.2) is 48.5 Å². The third-order valence-corrected chi connectivity index (χ3v) is 5.95. The van der Waals surface area contributed by atoms with Crippen LogP contribution < -0.4 is 4.72 Å². The average Bonchev–Trinajstić information content (AvgIpc) is 2.66. The Morgan fingerprint density at radius 1 is 0.963 bits per heavy atom. The third kappa shape index (κ3) is 7.99. The Labute approximate surface area is 166 Å². The molecule has 2 aromatic carbocycles. The molecule has 0 aliphatic heterocycles. The second-order valence-corrected chi connectivity index (χ2v) is 8.83. The van der Waals surface area contributed by atoms with Crippen LogP contribution in [0.3, 0.4) is 0 Å². The lowest BCUT2D eigenvalue weighted by molar-refractivity contribution is 0.152. The molecule has 0 radical (unpaired) electrons. The second kappa shape index (κ2) is 10.8. The van der Waals surface area contributed by atoms with Gasteiger partial charge >= 0.3 is 0 Å². The lowest BCUT2D eigenvalue weighted by atomic mass is 10.0. The van der Waals surface area contributed by atoms with Crippen molar-refractivity contribution < 1.29 is 18.6 Å². The highest BCUT2D eigenvalue weighted by Crippen LogP contribution is 2.18. The highest BCUT2D eigenvalue weighted by molar-refractivity contribution is 7.89. The van der Waals surface area contributed by atoms with Crippen LogP contribution in [0.5, 0.6) is 0 Å². The van der Waals surface area contributed by atoms with Gasteiger partial charge in [-0.15, -0.1) is 0 Å². The number of aliphatic hydroxyl groups excluding tert-OH is 2. The number of aliphatic hydroxyl groups is 2. The van der Waals surface area contributed by atoms with E-state index >= 15 is 0 Å². The topological polar surface area (TPSA) is 86.6 Å². The maximum Gasteiger partial charge on any atom is 0.211 e. The van der Waals surface area contributed by atoms with Gasteiger partial charge in [0.25, 0.3) is 0 Å². The summed E-state index contributed by atoms with van der Waals surface area (Å²) >= 11 is 5.82. The number of hydrogen-bond acceptors (Lipinski definition) is 4. The maximum atomic E-state index is 12.1. The van der Waals surface area contributed by atoms with Crippen molar-refractivity contribution in [3.05, 3.63) is 70.2 Å². The fourth-order valence-electron chi connectivity index (χ4n) is 2.68. The van der Waals surface area contributed by atoms with E-state index in [0.717, 1.165) is 16.7 Å². The van der Waals surface area contributed by atoms with Crippen LogP contribution in [0, 0.1) is 0 Å². The summed E-state index contributed by atoms with van der Waals surface area (Å²) in [6, 6.07) is 14.6. The van der Waals surface area contributed by atoms with Crippen LogP contribution in [-0.4, -0.2) is 37.5 Å². The van der Waals surface area contributed by atoms with Crippen LogP contribution in [0.4, 0.5) is 0 Å².